The number of carbonyl (C=O) groups is 1. The Morgan fingerprint density at radius 1 is 1.00 bits per heavy atom. The lowest BCUT2D eigenvalue weighted by molar-refractivity contribution is -0.145. The number of benzene rings is 3. The molecule has 1 aromatic heterocycles. The van der Waals surface area contributed by atoms with Crippen LogP contribution in [0.15, 0.2) is 82.0 Å². The van der Waals surface area contributed by atoms with Gasteiger partial charge >= 0.3 is 11.6 Å². The molecule has 0 spiro atoms. The minimum Gasteiger partial charge on any atom is -0.479 e. The summed E-state index contributed by atoms with van der Waals surface area (Å²) in [5.74, 6) is -0.703. The molecule has 1 atom stereocenters. The van der Waals surface area contributed by atoms with Gasteiger partial charge in [0.2, 0.25) is 0 Å². The van der Waals surface area contributed by atoms with Crippen LogP contribution in [-0.2, 0) is 11.2 Å². The minimum atomic E-state index is -1.05. The first-order valence-electron chi connectivity index (χ1n) is 10.2. The molecule has 0 saturated carbocycles. The van der Waals surface area contributed by atoms with Crippen molar-refractivity contribution in [2.45, 2.75) is 25.9 Å². The molecule has 3 aromatic carbocycles. The molecule has 0 fully saturated rings. The van der Waals surface area contributed by atoms with Crippen LogP contribution in [0.1, 0.15) is 17.5 Å². The summed E-state index contributed by atoms with van der Waals surface area (Å²) in [6, 6.07) is 22.0. The van der Waals surface area contributed by atoms with E-state index in [0.717, 1.165) is 27.6 Å². The van der Waals surface area contributed by atoms with E-state index < -0.39 is 17.7 Å². The maximum Gasteiger partial charge on any atom is 0.344 e. The second-order valence-corrected chi connectivity index (χ2v) is 8.03. The first-order chi connectivity index (χ1) is 15.4. The molecule has 32 heavy (non-hydrogen) atoms. The number of hydrogen-bond acceptors (Lipinski definition) is 4. The van der Waals surface area contributed by atoms with Crippen LogP contribution < -0.4 is 10.4 Å². The fourth-order valence-corrected chi connectivity index (χ4v) is 3.71. The van der Waals surface area contributed by atoms with Crippen molar-refractivity contribution in [3.05, 3.63) is 99.4 Å². The van der Waals surface area contributed by atoms with Crippen molar-refractivity contribution in [2.75, 3.05) is 0 Å². The summed E-state index contributed by atoms with van der Waals surface area (Å²) < 4.78 is 10.9. The van der Waals surface area contributed by atoms with Crippen molar-refractivity contribution >= 4 is 28.5 Å². The van der Waals surface area contributed by atoms with E-state index >= 15 is 0 Å². The predicted octanol–water partition coefficient (Wildman–Crippen LogP) is 5.89. The zero-order valence-corrected chi connectivity index (χ0v) is 18.1. The number of halogens is 1. The molecule has 1 N–H and O–H groups in total. The second kappa shape index (κ2) is 9.28. The number of carboxylic acids is 1. The number of carboxylic acid groups (broad SMARTS) is 1. The zero-order chi connectivity index (χ0) is 22.7. The van der Waals surface area contributed by atoms with Gasteiger partial charge in [-0.3, -0.25) is 0 Å². The van der Waals surface area contributed by atoms with E-state index in [-0.39, 0.29) is 0 Å². The third-order valence-electron chi connectivity index (χ3n) is 5.30. The molecule has 0 radical (unpaired) electrons. The summed E-state index contributed by atoms with van der Waals surface area (Å²) in [4.78, 5) is 23.4. The minimum absolute atomic E-state index is 0.297. The molecular weight excluding hydrogens is 428 g/mol. The number of rotatable bonds is 7. The molecule has 1 heterocycles. The van der Waals surface area contributed by atoms with Gasteiger partial charge in [0.1, 0.15) is 11.3 Å². The molecule has 0 aliphatic carbocycles. The molecule has 0 aliphatic rings. The van der Waals surface area contributed by atoms with Crippen LogP contribution in [0.5, 0.6) is 5.75 Å². The zero-order valence-electron chi connectivity index (χ0n) is 17.4. The van der Waals surface area contributed by atoms with E-state index in [1.54, 1.807) is 18.2 Å². The first-order valence-corrected chi connectivity index (χ1v) is 10.6. The Balaban J connectivity index is 1.45. The van der Waals surface area contributed by atoms with E-state index in [1.165, 1.54) is 6.07 Å². The Bertz CT molecular complexity index is 1310. The Hall–Kier alpha value is -3.57. The fourth-order valence-electron chi connectivity index (χ4n) is 3.58. The number of hydrogen-bond donors (Lipinski definition) is 1. The SMILES string of the molecule is Cc1cc(=O)oc2cc(OC(CCc3ccc(-c4ccc(Cl)cc4)cc3)C(=O)O)ccc12. The Morgan fingerprint density at radius 3 is 2.31 bits per heavy atom. The first kappa shape index (κ1) is 21.7. The Labute approximate surface area is 189 Å². The summed E-state index contributed by atoms with van der Waals surface area (Å²) in [6.07, 6.45) is -0.189. The summed E-state index contributed by atoms with van der Waals surface area (Å²) in [5, 5.41) is 11.1. The fraction of sp³-hybridized carbons (Fsp3) is 0.154. The molecule has 4 rings (SSSR count). The summed E-state index contributed by atoms with van der Waals surface area (Å²) in [7, 11) is 0. The van der Waals surface area contributed by atoms with E-state index in [1.807, 2.05) is 55.5 Å². The van der Waals surface area contributed by atoms with E-state index in [0.29, 0.717) is 29.2 Å². The lowest BCUT2D eigenvalue weighted by atomic mass is 10.0. The third-order valence-corrected chi connectivity index (χ3v) is 5.56. The normalized spacial score (nSPS) is 11.9. The van der Waals surface area contributed by atoms with Gasteiger partial charge in [0, 0.05) is 22.5 Å². The highest BCUT2D eigenvalue weighted by Crippen LogP contribution is 2.25. The van der Waals surface area contributed by atoms with Crippen molar-refractivity contribution < 1.29 is 19.1 Å². The van der Waals surface area contributed by atoms with Gasteiger partial charge in [-0.1, -0.05) is 48.0 Å². The number of ether oxygens (including phenoxy) is 1. The van der Waals surface area contributed by atoms with Crippen molar-refractivity contribution in [1.29, 1.82) is 0 Å². The van der Waals surface area contributed by atoms with Gasteiger partial charge in [-0.15, -0.1) is 0 Å². The molecule has 0 aliphatic heterocycles. The molecule has 6 heteroatoms. The lowest BCUT2D eigenvalue weighted by Crippen LogP contribution is -2.27. The smallest absolute Gasteiger partial charge is 0.344 e. The monoisotopic (exact) mass is 448 g/mol. The molecule has 0 saturated heterocycles. The van der Waals surface area contributed by atoms with E-state index in [4.69, 9.17) is 20.8 Å². The third kappa shape index (κ3) is 5.01. The van der Waals surface area contributed by atoms with Crippen LogP contribution in [0.3, 0.4) is 0 Å². The maximum atomic E-state index is 11.8. The van der Waals surface area contributed by atoms with Gasteiger partial charge in [-0.2, -0.15) is 0 Å². The van der Waals surface area contributed by atoms with Gasteiger partial charge < -0.3 is 14.3 Å². The quantitative estimate of drug-likeness (QED) is 0.357. The van der Waals surface area contributed by atoms with Gasteiger partial charge in [0.25, 0.3) is 0 Å². The summed E-state index contributed by atoms with van der Waals surface area (Å²) in [5.41, 5.74) is 3.84. The van der Waals surface area contributed by atoms with Gasteiger partial charge in [0.15, 0.2) is 6.10 Å². The molecule has 5 nitrogen and oxygen atoms in total. The maximum absolute atomic E-state index is 11.8. The number of aryl methyl sites for hydroxylation is 2. The highest BCUT2D eigenvalue weighted by molar-refractivity contribution is 6.30. The Kier molecular flexibility index (Phi) is 6.28. The van der Waals surface area contributed by atoms with Crippen LogP contribution in [0.25, 0.3) is 22.1 Å². The largest absolute Gasteiger partial charge is 0.479 e. The molecule has 4 aromatic rings. The highest BCUT2D eigenvalue weighted by atomic mass is 35.5. The average Bonchev–Trinajstić information content (AvgIpc) is 2.77. The molecular formula is C26H21ClO5. The molecule has 0 bridgehead atoms. The van der Waals surface area contributed by atoms with E-state index in [2.05, 4.69) is 0 Å². The number of aliphatic carboxylic acids is 1. The summed E-state index contributed by atoms with van der Waals surface area (Å²) >= 11 is 5.94. The molecule has 162 valence electrons. The van der Waals surface area contributed by atoms with Crippen LogP contribution in [0.2, 0.25) is 5.02 Å². The van der Waals surface area contributed by atoms with Crippen molar-refractivity contribution in [3.63, 3.8) is 0 Å². The lowest BCUT2D eigenvalue weighted by Gasteiger charge is -2.16. The topological polar surface area (TPSA) is 76.7 Å². The van der Waals surface area contributed by atoms with Crippen molar-refractivity contribution in [1.82, 2.24) is 0 Å². The van der Waals surface area contributed by atoms with Crippen LogP contribution in [0, 0.1) is 6.92 Å². The van der Waals surface area contributed by atoms with E-state index in [9.17, 15) is 14.7 Å². The standard InChI is InChI=1S/C26H21ClO5/c1-16-14-25(28)32-24-15-21(11-12-22(16)24)31-23(26(29)30)13-4-17-2-5-18(6-3-17)19-7-9-20(27)10-8-19/h2-3,5-12,14-15,23H,4,13H2,1H3,(H,29,30). The Morgan fingerprint density at radius 2 is 1.66 bits per heavy atom. The molecule has 0 amide bonds. The molecule has 1 unspecified atom stereocenters. The summed E-state index contributed by atoms with van der Waals surface area (Å²) in [6.45, 7) is 1.82. The van der Waals surface area contributed by atoms with Gasteiger partial charge in [-0.25, -0.2) is 9.59 Å². The predicted molar refractivity (Wildman–Crippen MR) is 124 cm³/mol. The van der Waals surface area contributed by atoms with Crippen LogP contribution in [0.4, 0.5) is 0 Å². The van der Waals surface area contributed by atoms with Gasteiger partial charge in [0.05, 0.1) is 0 Å². The van der Waals surface area contributed by atoms with Crippen molar-refractivity contribution in [2.24, 2.45) is 0 Å². The second-order valence-electron chi connectivity index (χ2n) is 7.59. The number of fused-ring (bicyclic) bond motifs is 1. The van der Waals surface area contributed by atoms with Gasteiger partial charge in [-0.05, 0) is 66.3 Å². The average molecular weight is 449 g/mol. The highest BCUT2D eigenvalue weighted by Gasteiger charge is 2.20. The van der Waals surface area contributed by atoms with Crippen LogP contribution in [-0.4, -0.2) is 17.2 Å². The van der Waals surface area contributed by atoms with Crippen molar-refractivity contribution in [3.8, 4) is 16.9 Å². The van der Waals surface area contributed by atoms with Crippen LogP contribution >= 0.6 is 11.6 Å².